The Labute approximate surface area is 152 Å². The highest BCUT2D eigenvalue weighted by Crippen LogP contribution is 2.33. The van der Waals surface area contributed by atoms with Gasteiger partial charge >= 0.3 is 0 Å². The van der Waals surface area contributed by atoms with E-state index < -0.39 is 0 Å². The number of ether oxygens (including phenoxy) is 3. The first-order valence-electron chi connectivity index (χ1n) is 8.73. The zero-order valence-electron chi connectivity index (χ0n) is 14.7. The summed E-state index contributed by atoms with van der Waals surface area (Å²) in [6, 6.07) is 11.5. The van der Waals surface area contributed by atoms with Gasteiger partial charge in [-0.25, -0.2) is 4.39 Å². The quantitative estimate of drug-likeness (QED) is 0.820. The number of carbonyl (C=O) groups is 1. The molecule has 0 radical (unpaired) electrons. The first-order chi connectivity index (χ1) is 12.7. The van der Waals surface area contributed by atoms with E-state index in [2.05, 4.69) is 5.32 Å². The van der Waals surface area contributed by atoms with E-state index in [1.165, 1.54) is 12.1 Å². The van der Waals surface area contributed by atoms with E-state index in [1.807, 2.05) is 25.1 Å². The summed E-state index contributed by atoms with van der Waals surface area (Å²) in [5.74, 6) is 1.36. The molecule has 1 atom stereocenters. The Kier molecular flexibility index (Phi) is 5.94. The van der Waals surface area contributed by atoms with Gasteiger partial charge in [-0.3, -0.25) is 4.79 Å². The number of rotatable bonds is 7. The molecule has 0 aromatic heterocycles. The summed E-state index contributed by atoms with van der Waals surface area (Å²) < 4.78 is 29.6. The molecule has 1 N–H and O–H groups in total. The average Bonchev–Trinajstić information content (AvgIpc) is 2.66. The molecule has 0 aliphatic carbocycles. The molecule has 0 bridgehead atoms. The first kappa shape index (κ1) is 18.0. The van der Waals surface area contributed by atoms with Gasteiger partial charge in [0.2, 0.25) is 5.91 Å². The van der Waals surface area contributed by atoms with Crippen molar-refractivity contribution in [1.82, 2.24) is 5.32 Å². The van der Waals surface area contributed by atoms with Crippen molar-refractivity contribution in [3.8, 4) is 17.2 Å². The predicted molar refractivity (Wildman–Crippen MR) is 95.1 cm³/mol. The molecule has 2 aromatic carbocycles. The van der Waals surface area contributed by atoms with Crippen LogP contribution in [0.3, 0.4) is 0 Å². The standard InChI is InChI=1S/C20H22FNO4/c1-2-17(14-6-7-18-19(12-14)26-11-10-25-18)22-20(23)8-9-24-16-5-3-4-15(21)13-16/h3-7,12-13,17H,2,8-11H2,1H3,(H,22,23). The molecule has 26 heavy (non-hydrogen) atoms. The average molecular weight is 359 g/mol. The van der Waals surface area contributed by atoms with Crippen molar-refractivity contribution < 1.29 is 23.4 Å². The molecule has 0 fully saturated rings. The Hall–Kier alpha value is -2.76. The van der Waals surface area contributed by atoms with Gasteiger partial charge in [0.1, 0.15) is 24.8 Å². The molecule has 2 aromatic rings. The highest BCUT2D eigenvalue weighted by molar-refractivity contribution is 5.76. The van der Waals surface area contributed by atoms with Gasteiger partial charge in [-0.1, -0.05) is 19.1 Å². The fourth-order valence-corrected chi connectivity index (χ4v) is 2.78. The maximum atomic E-state index is 13.1. The second kappa shape index (κ2) is 8.56. The third-order valence-electron chi connectivity index (χ3n) is 4.11. The van der Waals surface area contributed by atoms with Crippen molar-refractivity contribution in [2.24, 2.45) is 0 Å². The largest absolute Gasteiger partial charge is 0.493 e. The summed E-state index contributed by atoms with van der Waals surface area (Å²) in [6.45, 7) is 3.26. The number of nitrogens with one attached hydrogen (secondary N) is 1. The van der Waals surface area contributed by atoms with Gasteiger partial charge in [-0.05, 0) is 36.2 Å². The molecule has 3 rings (SSSR count). The van der Waals surface area contributed by atoms with Crippen molar-refractivity contribution in [3.63, 3.8) is 0 Å². The molecule has 1 aliphatic heterocycles. The number of fused-ring (bicyclic) bond motifs is 1. The first-order valence-corrected chi connectivity index (χ1v) is 8.73. The molecule has 1 amide bonds. The van der Waals surface area contributed by atoms with Gasteiger partial charge in [0.15, 0.2) is 11.5 Å². The van der Waals surface area contributed by atoms with Crippen LogP contribution in [0.25, 0.3) is 0 Å². The molecule has 0 spiro atoms. The van der Waals surface area contributed by atoms with Crippen molar-refractivity contribution in [2.45, 2.75) is 25.8 Å². The lowest BCUT2D eigenvalue weighted by Crippen LogP contribution is -2.29. The van der Waals surface area contributed by atoms with E-state index in [-0.39, 0.29) is 30.8 Å². The minimum atomic E-state index is -0.364. The second-order valence-electron chi connectivity index (χ2n) is 5.99. The van der Waals surface area contributed by atoms with Gasteiger partial charge in [0.25, 0.3) is 0 Å². The van der Waals surface area contributed by atoms with Crippen LogP contribution in [0.5, 0.6) is 17.2 Å². The molecular formula is C20H22FNO4. The molecule has 6 heteroatoms. The van der Waals surface area contributed by atoms with Crippen LogP contribution >= 0.6 is 0 Å². The van der Waals surface area contributed by atoms with E-state index in [0.717, 1.165) is 17.7 Å². The van der Waals surface area contributed by atoms with Gasteiger partial charge in [0, 0.05) is 6.07 Å². The van der Waals surface area contributed by atoms with Gasteiger partial charge in [-0.2, -0.15) is 0 Å². The number of hydrogen-bond acceptors (Lipinski definition) is 4. The van der Waals surface area contributed by atoms with Crippen LogP contribution in [0, 0.1) is 5.82 Å². The third kappa shape index (κ3) is 4.65. The van der Waals surface area contributed by atoms with Gasteiger partial charge < -0.3 is 19.5 Å². The highest BCUT2D eigenvalue weighted by atomic mass is 19.1. The summed E-state index contributed by atoms with van der Waals surface area (Å²) in [6.07, 6.45) is 0.938. The topological polar surface area (TPSA) is 56.8 Å². The molecule has 1 unspecified atom stereocenters. The van der Waals surface area contributed by atoms with Gasteiger partial charge in [0.05, 0.1) is 19.1 Å². The Morgan fingerprint density at radius 2 is 2.00 bits per heavy atom. The lowest BCUT2D eigenvalue weighted by molar-refractivity contribution is -0.122. The Balaban J connectivity index is 1.53. The Morgan fingerprint density at radius 1 is 1.19 bits per heavy atom. The van der Waals surface area contributed by atoms with Crippen LogP contribution in [0.15, 0.2) is 42.5 Å². The van der Waals surface area contributed by atoms with E-state index in [1.54, 1.807) is 12.1 Å². The molecule has 138 valence electrons. The zero-order chi connectivity index (χ0) is 18.4. The number of halogens is 1. The summed E-state index contributed by atoms with van der Waals surface area (Å²) in [5.41, 5.74) is 0.969. The number of amides is 1. The van der Waals surface area contributed by atoms with Crippen molar-refractivity contribution in [3.05, 3.63) is 53.8 Å². The van der Waals surface area contributed by atoms with E-state index >= 15 is 0 Å². The molecular weight excluding hydrogens is 337 g/mol. The molecule has 1 heterocycles. The van der Waals surface area contributed by atoms with Crippen LogP contribution in [0.4, 0.5) is 4.39 Å². The fraction of sp³-hybridized carbons (Fsp3) is 0.350. The van der Waals surface area contributed by atoms with Crippen LogP contribution in [0.2, 0.25) is 0 Å². The minimum Gasteiger partial charge on any atom is -0.493 e. The smallest absolute Gasteiger partial charge is 0.223 e. The molecule has 1 aliphatic rings. The van der Waals surface area contributed by atoms with E-state index in [0.29, 0.717) is 24.7 Å². The maximum Gasteiger partial charge on any atom is 0.223 e. The lowest BCUT2D eigenvalue weighted by atomic mass is 10.0. The van der Waals surface area contributed by atoms with Crippen LogP contribution < -0.4 is 19.5 Å². The highest BCUT2D eigenvalue weighted by Gasteiger charge is 2.17. The molecule has 0 saturated carbocycles. The maximum absolute atomic E-state index is 13.1. The van der Waals surface area contributed by atoms with Crippen molar-refractivity contribution in [2.75, 3.05) is 19.8 Å². The third-order valence-corrected chi connectivity index (χ3v) is 4.11. The number of benzene rings is 2. The Bertz CT molecular complexity index is 765. The SMILES string of the molecule is CCC(NC(=O)CCOc1cccc(F)c1)c1ccc2c(c1)OCCO2. The summed E-state index contributed by atoms with van der Waals surface area (Å²) >= 11 is 0. The molecule has 5 nitrogen and oxygen atoms in total. The fourth-order valence-electron chi connectivity index (χ4n) is 2.78. The monoisotopic (exact) mass is 359 g/mol. The summed E-state index contributed by atoms with van der Waals surface area (Å²) in [7, 11) is 0. The van der Waals surface area contributed by atoms with Gasteiger partial charge in [-0.15, -0.1) is 0 Å². The number of carbonyl (C=O) groups excluding carboxylic acids is 1. The number of hydrogen-bond donors (Lipinski definition) is 1. The molecule has 0 saturated heterocycles. The van der Waals surface area contributed by atoms with Crippen molar-refractivity contribution >= 4 is 5.91 Å². The lowest BCUT2D eigenvalue weighted by Gasteiger charge is -2.22. The van der Waals surface area contributed by atoms with E-state index in [9.17, 15) is 9.18 Å². The van der Waals surface area contributed by atoms with Crippen LogP contribution in [0.1, 0.15) is 31.4 Å². The summed E-state index contributed by atoms with van der Waals surface area (Å²) in [4.78, 5) is 12.2. The van der Waals surface area contributed by atoms with Crippen LogP contribution in [-0.2, 0) is 4.79 Å². The normalized spacial score (nSPS) is 13.8. The van der Waals surface area contributed by atoms with Crippen molar-refractivity contribution in [1.29, 1.82) is 0 Å². The minimum absolute atomic E-state index is 0.118. The predicted octanol–water partition coefficient (Wildman–Crippen LogP) is 3.63. The second-order valence-corrected chi connectivity index (χ2v) is 5.99. The zero-order valence-corrected chi connectivity index (χ0v) is 14.7. The van der Waals surface area contributed by atoms with E-state index in [4.69, 9.17) is 14.2 Å². The summed E-state index contributed by atoms with van der Waals surface area (Å²) in [5, 5.41) is 3.00. The Morgan fingerprint density at radius 3 is 2.77 bits per heavy atom. The van der Waals surface area contributed by atoms with Crippen LogP contribution in [-0.4, -0.2) is 25.7 Å².